The van der Waals surface area contributed by atoms with Crippen LogP contribution in [0.25, 0.3) is 0 Å². The molecular formula is C16H20ClNO4. The van der Waals surface area contributed by atoms with E-state index in [1.165, 1.54) is 0 Å². The molecule has 0 saturated carbocycles. The fraction of sp³-hybridized carbons (Fsp3) is 0.562. The average Bonchev–Trinajstić information content (AvgIpc) is 2.84. The van der Waals surface area contributed by atoms with Gasteiger partial charge in [-0.25, -0.2) is 4.79 Å². The van der Waals surface area contributed by atoms with Crippen LogP contribution in [0, 0.1) is 0 Å². The van der Waals surface area contributed by atoms with Crippen molar-refractivity contribution in [3.8, 4) is 5.75 Å². The Morgan fingerprint density at radius 3 is 2.82 bits per heavy atom. The quantitative estimate of drug-likeness (QED) is 0.795. The van der Waals surface area contributed by atoms with E-state index in [-0.39, 0.29) is 23.9 Å². The van der Waals surface area contributed by atoms with Gasteiger partial charge < -0.3 is 19.5 Å². The van der Waals surface area contributed by atoms with Crippen LogP contribution < -0.4 is 0 Å². The Bertz CT molecular complexity index is 611. The zero-order valence-corrected chi connectivity index (χ0v) is 13.7. The second-order valence-corrected chi connectivity index (χ2v) is 7.19. The standard InChI is InChI=1S/C16H20ClNO4/c1-16(2,3)22-15(20)18-6-10-12(7-18)21-8-9-4-5-11(19)14(17)13(9)10/h4-5,10,12,19H,6-8H2,1-3H3. The predicted molar refractivity (Wildman–Crippen MR) is 82.2 cm³/mol. The molecule has 22 heavy (non-hydrogen) atoms. The summed E-state index contributed by atoms with van der Waals surface area (Å²) in [5.41, 5.74) is 1.33. The van der Waals surface area contributed by atoms with Crippen LogP contribution in [0.4, 0.5) is 4.79 Å². The van der Waals surface area contributed by atoms with E-state index in [9.17, 15) is 9.90 Å². The van der Waals surface area contributed by atoms with Crippen molar-refractivity contribution < 1.29 is 19.4 Å². The molecule has 2 unspecified atom stereocenters. The fourth-order valence-corrected chi connectivity index (χ4v) is 3.37. The molecule has 0 spiro atoms. The molecule has 1 N–H and O–H groups in total. The Morgan fingerprint density at radius 1 is 1.41 bits per heavy atom. The highest BCUT2D eigenvalue weighted by molar-refractivity contribution is 6.33. The zero-order valence-electron chi connectivity index (χ0n) is 12.9. The van der Waals surface area contributed by atoms with Crippen LogP contribution in [0.1, 0.15) is 37.8 Å². The number of hydrogen-bond acceptors (Lipinski definition) is 4. The minimum absolute atomic E-state index is 0.0316. The lowest BCUT2D eigenvalue weighted by Crippen LogP contribution is -2.36. The molecule has 0 radical (unpaired) electrons. The van der Waals surface area contributed by atoms with Gasteiger partial charge in [0.2, 0.25) is 0 Å². The smallest absolute Gasteiger partial charge is 0.410 e. The first kappa shape index (κ1) is 15.4. The van der Waals surface area contributed by atoms with E-state index < -0.39 is 5.60 Å². The summed E-state index contributed by atoms with van der Waals surface area (Å²) in [6.07, 6.45) is -0.456. The maximum absolute atomic E-state index is 12.2. The van der Waals surface area contributed by atoms with Gasteiger partial charge in [0.25, 0.3) is 0 Å². The third kappa shape index (κ3) is 2.75. The van der Waals surface area contributed by atoms with Gasteiger partial charge in [-0.1, -0.05) is 17.7 Å². The Kier molecular flexibility index (Phi) is 3.73. The zero-order chi connectivity index (χ0) is 16.1. The van der Waals surface area contributed by atoms with Crippen LogP contribution >= 0.6 is 11.6 Å². The van der Waals surface area contributed by atoms with Gasteiger partial charge in [0.1, 0.15) is 11.4 Å². The summed E-state index contributed by atoms with van der Waals surface area (Å²) in [5, 5.41) is 10.2. The lowest BCUT2D eigenvalue weighted by Gasteiger charge is -2.28. The maximum atomic E-state index is 12.2. The molecule has 2 aliphatic rings. The highest BCUT2D eigenvalue weighted by Gasteiger charge is 2.43. The fourth-order valence-electron chi connectivity index (χ4n) is 3.04. The molecule has 1 saturated heterocycles. The van der Waals surface area contributed by atoms with Crippen LogP contribution in [0.3, 0.4) is 0 Å². The molecule has 2 aliphatic heterocycles. The number of nitrogens with zero attached hydrogens (tertiary/aromatic N) is 1. The number of carbonyl (C=O) groups excluding carboxylic acids is 1. The number of rotatable bonds is 0. The van der Waals surface area contributed by atoms with E-state index in [1.54, 1.807) is 11.0 Å². The molecule has 1 aromatic carbocycles. The van der Waals surface area contributed by atoms with E-state index in [4.69, 9.17) is 21.1 Å². The monoisotopic (exact) mass is 325 g/mol. The van der Waals surface area contributed by atoms with Crippen LogP contribution in [0.15, 0.2) is 12.1 Å². The molecule has 5 nitrogen and oxygen atoms in total. The number of halogens is 1. The van der Waals surface area contributed by atoms with Gasteiger partial charge in [-0.3, -0.25) is 0 Å². The summed E-state index contributed by atoms with van der Waals surface area (Å²) in [6.45, 7) is 6.93. The number of carbonyl (C=O) groups is 1. The highest BCUT2D eigenvalue weighted by atomic mass is 35.5. The Hall–Kier alpha value is -1.46. The number of fused-ring (bicyclic) bond motifs is 3. The number of likely N-dealkylation sites (tertiary alicyclic amines) is 1. The Labute approximate surface area is 134 Å². The number of phenolic OH excluding ortho intramolecular Hbond substituents is 1. The molecular weight excluding hydrogens is 306 g/mol. The average molecular weight is 326 g/mol. The highest BCUT2D eigenvalue weighted by Crippen LogP contribution is 2.43. The molecule has 0 bridgehead atoms. The minimum atomic E-state index is -0.528. The molecule has 0 aliphatic carbocycles. The molecule has 2 heterocycles. The first-order valence-electron chi connectivity index (χ1n) is 7.36. The van der Waals surface area contributed by atoms with E-state index in [1.807, 2.05) is 26.8 Å². The second-order valence-electron chi connectivity index (χ2n) is 6.81. The molecule has 120 valence electrons. The lowest BCUT2D eigenvalue weighted by atomic mass is 9.89. The van der Waals surface area contributed by atoms with Crippen LogP contribution in [0.5, 0.6) is 5.75 Å². The predicted octanol–water partition coefficient (Wildman–Crippen LogP) is 3.28. The van der Waals surface area contributed by atoms with E-state index in [2.05, 4.69) is 0 Å². The lowest BCUT2D eigenvalue weighted by molar-refractivity contribution is 0.0126. The van der Waals surface area contributed by atoms with Crippen LogP contribution in [-0.2, 0) is 16.1 Å². The number of benzene rings is 1. The van der Waals surface area contributed by atoms with Crippen LogP contribution in [0.2, 0.25) is 5.02 Å². The van der Waals surface area contributed by atoms with Gasteiger partial charge in [0.05, 0.1) is 24.3 Å². The van der Waals surface area contributed by atoms with Crippen molar-refractivity contribution in [1.82, 2.24) is 4.90 Å². The largest absolute Gasteiger partial charge is 0.506 e. The molecule has 0 aromatic heterocycles. The summed E-state index contributed by atoms with van der Waals surface area (Å²) in [6, 6.07) is 3.40. The van der Waals surface area contributed by atoms with Crippen molar-refractivity contribution in [1.29, 1.82) is 0 Å². The molecule has 6 heteroatoms. The van der Waals surface area contributed by atoms with Gasteiger partial charge in [-0.05, 0) is 38.0 Å². The third-order valence-electron chi connectivity index (χ3n) is 3.99. The summed E-state index contributed by atoms with van der Waals surface area (Å²) >= 11 is 6.27. The van der Waals surface area contributed by atoms with E-state index in [0.29, 0.717) is 24.7 Å². The molecule has 1 aromatic rings. The summed E-state index contributed by atoms with van der Waals surface area (Å²) in [7, 11) is 0. The SMILES string of the molecule is CC(C)(C)OC(=O)N1CC2OCc3ccc(O)c(Cl)c3C2C1. The van der Waals surface area contributed by atoms with E-state index in [0.717, 1.165) is 11.1 Å². The van der Waals surface area contributed by atoms with Gasteiger partial charge in [-0.15, -0.1) is 0 Å². The Balaban J connectivity index is 1.84. The van der Waals surface area contributed by atoms with Crippen molar-refractivity contribution in [2.24, 2.45) is 0 Å². The Morgan fingerprint density at radius 2 is 2.14 bits per heavy atom. The third-order valence-corrected chi connectivity index (χ3v) is 4.39. The van der Waals surface area contributed by atoms with Crippen molar-refractivity contribution in [3.05, 3.63) is 28.3 Å². The molecule has 1 fully saturated rings. The molecule has 3 rings (SSSR count). The number of amides is 1. The van der Waals surface area contributed by atoms with Crippen molar-refractivity contribution in [2.45, 2.75) is 45.0 Å². The van der Waals surface area contributed by atoms with Gasteiger partial charge >= 0.3 is 6.09 Å². The topological polar surface area (TPSA) is 59.0 Å². The van der Waals surface area contributed by atoms with Crippen molar-refractivity contribution in [3.63, 3.8) is 0 Å². The summed E-state index contributed by atoms with van der Waals surface area (Å²) in [5.74, 6) is 0.0349. The number of ether oxygens (including phenoxy) is 2. The number of aromatic hydroxyl groups is 1. The van der Waals surface area contributed by atoms with E-state index >= 15 is 0 Å². The normalized spacial score (nSPS) is 23.9. The van der Waals surface area contributed by atoms with Crippen LogP contribution in [-0.4, -0.2) is 40.9 Å². The first-order valence-corrected chi connectivity index (χ1v) is 7.74. The summed E-state index contributed by atoms with van der Waals surface area (Å²) < 4.78 is 11.3. The van der Waals surface area contributed by atoms with Crippen molar-refractivity contribution >= 4 is 17.7 Å². The maximum Gasteiger partial charge on any atom is 0.410 e. The molecule has 1 amide bonds. The number of phenols is 1. The minimum Gasteiger partial charge on any atom is -0.506 e. The summed E-state index contributed by atoms with van der Waals surface area (Å²) in [4.78, 5) is 13.9. The number of hydrogen-bond donors (Lipinski definition) is 1. The first-order chi connectivity index (χ1) is 10.3. The van der Waals surface area contributed by atoms with Crippen molar-refractivity contribution in [2.75, 3.05) is 13.1 Å². The van der Waals surface area contributed by atoms with Gasteiger partial charge in [-0.2, -0.15) is 0 Å². The van der Waals surface area contributed by atoms with Gasteiger partial charge in [0, 0.05) is 12.5 Å². The molecule has 2 atom stereocenters. The second kappa shape index (κ2) is 5.32. The van der Waals surface area contributed by atoms with Gasteiger partial charge in [0.15, 0.2) is 0 Å².